The summed E-state index contributed by atoms with van der Waals surface area (Å²) in [6, 6.07) is 4.32. The maximum Gasteiger partial charge on any atom is 0.338 e. The summed E-state index contributed by atoms with van der Waals surface area (Å²) in [4.78, 5) is 14.9. The van der Waals surface area contributed by atoms with E-state index in [4.69, 9.17) is 9.47 Å². The Morgan fingerprint density at radius 3 is 2.38 bits per heavy atom. The van der Waals surface area contributed by atoms with Crippen molar-refractivity contribution in [3.05, 3.63) is 28.8 Å². The molecule has 1 fully saturated rings. The van der Waals surface area contributed by atoms with Crippen molar-refractivity contribution in [1.29, 1.82) is 0 Å². The Morgan fingerprint density at radius 1 is 1.17 bits per heavy atom. The zero-order valence-electron chi connectivity index (χ0n) is 15.6. The number of aryl methyl sites for hydroxylation is 2. The largest absolute Gasteiger partial charge is 0.494 e. The zero-order valence-corrected chi connectivity index (χ0v) is 15.6. The molecule has 1 aromatic carbocycles. The van der Waals surface area contributed by atoms with Gasteiger partial charge in [-0.3, -0.25) is 0 Å². The normalized spacial score (nSPS) is 16.2. The first-order valence-electron chi connectivity index (χ1n) is 9.18. The van der Waals surface area contributed by atoms with Crippen LogP contribution in [0.25, 0.3) is 0 Å². The summed E-state index contributed by atoms with van der Waals surface area (Å²) in [6.07, 6.45) is 4.43. The van der Waals surface area contributed by atoms with E-state index in [-0.39, 0.29) is 5.97 Å². The lowest BCUT2D eigenvalue weighted by atomic mass is 10.0. The fourth-order valence-corrected chi connectivity index (χ4v) is 3.31. The number of carbonyl (C=O) groups is 1. The second-order valence-electron chi connectivity index (χ2n) is 6.80. The molecule has 0 spiro atoms. The summed E-state index contributed by atoms with van der Waals surface area (Å²) in [6.45, 7) is 11.7. The third-order valence-corrected chi connectivity index (χ3v) is 4.72. The molecule has 0 bridgehead atoms. The number of carbonyl (C=O) groups excluding carboxylic acids is 1. The Balaban J connectivity index is 1.89. The molecule has 1 saturated heterocycles. The van der Waals surface area contributed by atoms with Gasteiger partial charge in [-0.15, -0.1) is 0 Å². The molecular formula is C20H31NO3. The van der Waals surface area contributed by atoms with Crippen molar-refractivity contribution in [3.63, 3.8) is 0 Å². The molecule has 1 aliphatic rings. The number of likely N-dealkylation sites (tertiary alicyclic amines) is 1. The fraction of sp³-hybridized carbons (Fsp3) is 0.650. The summed E-state index contributed by atoms with van der Waals surface area (Å²) in [7, 11) is 0. The highest BCUT2D eigenvalue weighted by atomic mass is 16.5. The van der Waals surface area contributed by atoms with Crippen molar-refractivity contribution < 1.29 is 14.3 Å². The minimum Gasteiger partial charge on any atom is -0.494 e. The van der Waals surface area contributed by atoms with Gasteiger partial charge in [0.2, 0.25) is 0 Å². The van der Waals surface area contributed by atoms with Gasteiger partial charge in [0.05, 0.1) is 18.8 Å². The second-order valence-corrected chi connectivity index (χ2v) is 6.80. The van der Waals surface area contributed by atoms with Crippen LogP contribution in [-0.4, -0.2) is 43.2 Å². The Morgan fingerprint density at radius 2 is 1.79 bits per heavy atom. The van der Waals surface area contributed by atoms with Crippen molar-refractivity contribution >= 4 is 5.97 Å². The molecule has 4 nitrogen and oxygen atoms in total. The molecular weight excluding hydrogens is 302 g/mol. The standard InChI is InChI=1S/C20H31NO3/c1-5-11-23-18-13-15(2)19(16(3)14-18)20(22)24-12-8-17(4)21-9-6-7-10-21/h13-14,17H,5-12H2,1-4H3. The van der Waals surface area contributed by atoms with Gasteiger partial charge in [-0.2, -0.15) is 0 Å². The molecule has 1 aliphatic heterocycles. The quantitative estimate of drug-likeness (QED) is 0.671. The van der Waals surface area contributed by atoms with Gasteiger partial charge in [0.25, 0.3) is 0 Å². The minimum absolute atomic E-state index is 0.222. The lowest BCUT2D eigenvalue weighted by Gasteiger charge is -2.23. The maximum absolute atomic E-state index is 12.4. The van der Waals surface area contributed by atoms with Crippen LogP contribution in [0.2, 0.25) is 0 Å². The van der Waals surface area contributed by atoms with E-state index in [0.717, 1.165) is 29.7 Å². The Kier molecular flexibility index (Phi) is 7.10. The number of benzene rings is 1. The molecule has 0 N–H and O–H groups in total. The lowest BCUT2D eigenvalue weighted by molar-refractivity contribution is 0.0469. The molecule has 4 heteroatoms. The van der Waals surface area contributed by atoms with Crippen LogP contribution < -0.4 is 4.74 Å². The molecule has 0 amide bonds. The molecule has 0 aliphatic carbocycles. The first-order chi connectivity index (χ1) is 11.5. The Labute approximate surface area is 146 Å². The first-order valence-corrected chi connectivity index (χ1v) is 9.18. The van der Waals surface area contributed by atoms with Crippen LogP contribution in [0.4, 0.5) is 0 Å². The van der Waals surface area contributed by atoms with Crippen molar-refractivity contribution in [2.45, 2.75) is 59.4 Å². The van der Waals surface area contributed by atoms with Crippen molar-refractivity contribution in [1.82, 2.24) is 4.90 Å². The second kappa shape index (κ2) is 9.07. The molecule has 1 aromatic rings. The number of ether oxygens (including phenoxy) is 2. The number of esters is 1. The van der Waals surface area contributed by atoms with Gasteiger partial charge in [-0.1, -0.05) is 6.92 Å². The van der Waals surface area contributed by atoms with E-state index in [9.17, 15) is 4.79 Å². The van der Waals surface area contributed by atoms with Crippen LogP contribution in [-0.2, 0) is 4.74 Å². The summed E-state index contributed by atoms with van der Waals surface area (Å²) in [5.41, 5.74) is 2.50. The van der Waals surface area contributed by atoms with E-state index < -0.39 is 0 Å². The Hall–Kier alpha value is -1.55. The van der Waals surface area contributed by atoms with E-state index in [0.29, 0.717) is 24.8 Å². The minimum atomic E-state index is -0.222. The van der Waals surface area contributed by atoms with Crippen LogP contribution in [0.1, 0.15) is 61.0 Å². The smallest absolute Gasteiger partial charge is 0.338 e. The van der Waals surface area contributed by atoms with Crippen molar-refractivity contribution in [2.75, 3.05) is 26.3 Å². The van der Waals surface area contributed by atoms with E-state index in [1.165, 1.54) is 25.9 Å². The fourth-order valence-electron chi connectivity index (χ4n) is 3.31. The molecule has 0 saturated carbocycles. The predicted octanol–water partition coefficient (Wildman–Crippen LogP) is 4.12. The van der Waals surface area contributed by atoms with Crippen LogP contribution in [0.5, 0.6) is 5.75 Å². The van der Waals surface area contributed by atoms with E-state index in [1.54, 1.807) is 0 Å². The third-order valence-electron chi connectivity index (χ3n) is 4.72. The van der Waals surface area contributed by atoms with Gasteiger partial charge in [-0.25, -0.2) is 4.79 Å². The van der Waals surface area contributed by atoms with Crippen LogP contribution in [0.15, 0.2) is 12.1 Å². The van der Waals surface area contributed by atoms with Crippen LogP contribution >= 0.6 is 0 Å². The molecule has 0 radical (unpaired) electrons. The third kappa shape index (κ3) is 4.97. The molecule has 134 valence electrons. The predicted molar refractivity (Wildman–Crippen MR) is 96.9 cm³/mol. The summed E-state index contributed by atoms with van der Waals surface area (Å²) in [5, 5.41) is 0. The number of hydrogen-bond acceptors (Lipinski definition) is 4. The van der Waals surface area contributed by atoms with Gasteiger partial charge in [0.15, 0.2) is 0 Å². The summed E-state index contributed by atoms with van der Waals surface area (Å²) >= 11 is 0. The molecule has 1 atom stereocenters. The average Bonchev–Trinajstić information content (AvgIpc) is 3.06. The highest BCUT2D eigenvalue weighted by molar-refractivity contribution is 5.93. The highest BCUT2D eigenvalue weighted by Crippen LogP contribution is 2.23. The summed E-state index contributed by atoms with van der Waals surface area (Å²) < 4.78 is 11.2. The summed E-state index contributed by atoms with van der Waals surface area (Å²) in [5.74, 6) is 0.603. The van der Waals surface area contributed by atoms with E-state index in [2.05, 4.69) is 18.7 Å². The van der Waals surface area contributed by atoms with Crippen LogP contribution in [0, 0.1) is 13.8 Å². The number of hydrogen-bond donors (Lipinski definition) is 0. The van der Waals surface area contributed by atoms with Gasteiger partial charge in [0, 0.05) is 6.04 Å². The Bertz CT molecular complexity index is 527. The average molecular weight is 333 g/mol. The number of nitrogens with zero attached hydrogens (tertiary/aromatic N) is 1. The molecule has 1 heterocycles. The molecule has 24 heavy (non-hydrogen) atoms. The van der Waals surface area contributed by atoms with Gasteiger partial charge in [-0.05, 0) is 82.8 Å². The highest BCUT2D eigenvalue weighted by Gasteiger charge is 2.19. The van der Waals surface area contributed by atoms with E-state index >= 15 is 0 Å². The van der Waals surface area contributed by atoms with E-state index in [1.807, 2.05) is 26.0 Å². The van der Waals surface area contributed by atoms with Gasteiger partial charge < -0.3 is 14.4 Å². The number of rotatable bonds is 8. The van der Waals surface area contributed by atoms with Crippen molar-refractivity contribution in [2.24, 2.45) is 0 Å². The van der Waals surface area contributed by atoms with Gasteiger partial charge in [0.1, 0.15) is 5.75 Å². The molecule has 1 unspecified atom stereocenters. The molecule has 2 rings (SSSR count). The zero-order chi connectivity index (χ0) is 17.5. The van der Waals surface area contributed by atoms with Crippen LogP contribution in [0.3, 0.4) is 0 Å². The van der Waals surface area contributed by atoms with Gasteiger partial charge >= 0.3 is 5.97 Å². The monoisotopic (exact) mass is 333 g/mol. The van der Waals surface area contributed by atoms with Crippen molar-refractivity contribution in [3.8, 4) is 5.75 Å². The first kappa shape index (κ1) is 18.8. The topological polar surface area (TPSA) is 38.8 Å². The molecule has 0 aromatic heterocycles. The lowest BCUT2D eigenvalue weighted by Crippen LogP contribution is -2.31. The SMILES string of the molecule is CCCOc1cc(C)c(C(=O)OCCC(C)N2CCCC2)c(C)c1. The maximum atomic E-state index is 12.4.